The number of ether oxygens (including phenoxy) is 1. The topological polar surface area (TPSA) is 85.5 Å². The van der Waals surface area contributed by atoms with E-state index in [2.05, 4.69) is 10.1 Å². The fraction of sp³-hybridized carbons (Fsp3) is 0.462. The Bertz CT molecular complexity index is 1370. The van der Waals surface area contributed by atoms with Crippen molar-refractivity contribution >= 4 is 28.7 Å². The van der Waals surface area contributed by atoms with Crippen LogP contribution in [0.15, 0.2) is 41.2 Å². The molecule has 2 heterocycles. The number of alkyl halides is 2. The van der Waals surface area contributed by atoms with Gasteiger partial charge in [-0.15, -0.1) is 0 Å². The third kappa shape index (κ3) is 5.52. The van der Waals surface area contributed by atoms with E-state index >= 15 is 0 Å². The number of imidazole rings is 1. The number of hydrogen-bond acceptors (Lipinski definition) is 5. The molecule has 11 heteroatoms. The average Bonchev–Trinajstić information content (AvgIpc) is 3.09. The maximum Gasteiger partial charge on any atom is 0.387 e. The van der Waals surface area contributed by atoms with Crippen molar-refractivity contribution in [3.8, 4) is 11.4 Å². The first-order valence-corrected chi connectivity index (χ1v) is 13.1. The van der Waals surface area contributed by atoms with E-state index < -0.39 is 29.8 Å². The highest BCUT2D eigenvalue weighted by Gasteiger charge is 2.32. The Hall–Kier alpha value is -2.92. The molecule has 1 aliphatic rings. The molecule has 1 saturated heterocycles. The zero-order chi connectivity index (χ0) is 27.1. The first-order valence-electron chi connectivity index (χ1n) is 11.9. The Morgan fingerprint density at radius 1 is 1.16 bits per heavy atom. The van der Waals surface area contributed by atoms with E-state index in [0.29, 0.717) is 5.56 Å². The van der Waals surface area contributed by atoms with Crippen LogP contribution in [0.2, 0.25) is 0 Å². The molecule has 37 heavy (non-hydrogen) atoms. The number of carbonyl (C=O) groups is 1. The zero-order valence-electron chi connectivity index (χ0n) is 21.1. The Kier molecular flexibility index (Phi) is 7.40. The number of carbonyl (C=O) groups excluding carboxylic acids is 1. The molecule has 1 atom stereocenters. The molecule has 1 aliphatic heterocycles. The molecular weight excluding hydrogens is 507 g/mol. The molecule has 0 radical (unpaired) electrons. The lowest BCUT2D eigenvalue weighted by molar-refractivity contribution is -0.0498. The van der Waals surface area contributed by atoms with E-state index in [1.807, 2.05) is 18.7 Å². The molecule has 1 aromatic heterocycles. The molecular formula is C26H30F3N3O4S. The summed E-state index contributed by atoms with van der Waals surface area (Å²) < 4.78 is 47.2. The lowest BCUT2D eigenvalue weighted by Crippen LogP contribution is -2.48. The van der Waals surface area contributed by atoms with Gasteiger partial charge in [-0.1, -0.05) is 0 Å². The predicted octanol–water partition coefficient (Wildman–Crippen LogP) is 4.88. The monoisotopic (exact) mass is 537 g/mol. The molecule has 1 unspecified atom stereocenters. The number of amides is 1. The summed E-state index contributed by atoms with van der Waals surface area (Å²) in [6, 6.07) is 6.80. The molecule has 0 aliphatic carbocycles. The predicted molar refractivity (Wildman–Crippen MR) is 138 cm³/mol. The quantitative estimate of drug-likeness (QED) is 0.449. The van der Waals surface area contributed by atoms with Crippen molar-refractivity contribution in [2.45, 2.75) is 64.3 Å². The largest absolute Gasteiger partial charge is 0.435 e. The summed E-state index contributed by atoms with van der Waals surface area (Å²) >= 11 is 1.84. The minimum absolute atomic E-state index is 0.242. The first-order chi connectivity index (χ1) is 17.3. The molecule has 0 saturated carbocycles. The highest BCUT2D eigenvalue weighted by Crippen LogP contribution is 2.31. The van der Waals surface area contributed by atoms with Crippen LogP contribution in [0.1, 0.15) is 56.9 Å². The minimum Gasteiger partial charge on any atom is -0.435 e. The van der Waals surface area contributed by atoms with E-state index in [4.69, 9.17) is 0 Å². The Balaban J connectivity index is 1.88. The van der Waals surface area contributed by atoms with Crippen LogP contribution in [-0.4, -0.2) is 49.4 Å². The number of nitrogens with zero attached hydrogens (tertiary/aromatic N) is 2. The summed E-state index contributed by atoms with van der Waals surface area (Å²) in [6.07, 6.45) is 1.66. The van der Waals surface area contributed by atoms with E-state index in [-0.39, 0.29) is 33.9 Å². The molecule has 0 bridgehead atoms. The molecule has 2 N–H and O–H groups in total. The number of hydrogen-bond donors (Lipinski definition) is 2. The molecule has 1 amide bonds. The summed E-state index contributed by atoms with van der Waals surface area (Å²) in [7, 11) is 0. The Labute approximate surface area is 216 Å². The van der Waals surface area contributed by atoms with Gasteiger partial charge in [-0.05, 0) is 82.4 Å². The van der Waals surface area contributed by atoms with Crippen molar-refractivity contribution in [2.75, 3.05) is 11.5 Å². The number of nitrogens with one attached hydrogen (secondary N) is 1. The summed E-state index contributed by atoms with van der Waals surface area (Å²) in [5.74, 6) is 0.438. The molecule has 2 aromatic carbocycles. The lowest BCUT2D eigenvalue weighted by Gasteiger charge is -2.34. The van der Waals surface area contributed by atoms with Gasteiger partial charge in [-0.3, -0.25) is 13.9 Å². The SMILES string of the molecule is CC(n1c(=O)n(-c2cc(OC(F)F)ccc2F)c2ccc(C(=O)NC3(C)CCSCC3)cc21)C(C)(C)O. The lowest BCUT2D eigenvalue weighted by atomic mass is 9.94. The number of fused-ring (bicyclic) bond motifs is 1. The number of aromatic nitrogens is 2. The van der Waals surface area contributed by atoms with Crippen LogP contribution in [0.5, 0.6) is 5.75 Å². The van der Waals surface area contributed by atoms with Gasteiger partial charge in [0.1, 0.15) is 11.6 Å². The summed E-state index contributed by atoms with van der Waals surface area (Å²) in [5, 5.41) is 13.8. The molecule has 3 aromatic rings. The maximum absolute atomic E-state index is 14.9. The van der Waals surface area contributed by atoms with E-state index in [0.717, 1.165) is 47.1 Å². The zero-order valence-corrected chi connectivity index (χ0v) is 21.9. The Morgan fingerprint density at radius 2 is 1.84 bits per heavy atom. The standard InChI is InChI=1S/C26H30F3N3O4S/c1-15(25(2,3)35)31-21-13-16(22(33)30-26(4)9-11-37-12-10-26)5-8-19(21)32(24(31)34)20-14-17(36-23(28)29)6-7-18(20)27/h5-8,13-15,23,35H,9-12H2,1-4H3,(H,30,33). The average molecular weight is 538 g/mol. The van der Waals surface area contributed by atoms with E-state index in [1.165, 1.54) is 36.6 Å². The van der Waals surface area contributed by atoms with Gasteiger partial charge >= 0.3 is 12.3 Å². The Morgan fingerprint density at radius 3 is 2.46 bits per heavy atom. The molecule has 0 spiro atoms. The van der Waals surface area contributed by atoms with Gasteiger partial charge in [0.15, 0.2) is 0 Å². The van der Waals surface area contributed by atoms with Crippen LogP contribution in [0.4, 0.5) is 13.2 Å². The molecule has 200 valence electrons. The van der Waals surface area contributed by atoms with Crippen molar-refractivity contribution in [3.63, 3.8) is 0 Å². The van der Waals surface area contributed by atoms with Gasteiger partial charge in [-0.2, -0.15) is 20.5 Å². The fourth-order valence-corrected chi connectivity index (χ4v) is 5.81. The van der Waals surface area contributed by atoms with E-state index in [1.54, 1.807) is 6.92 Å². The van der Waals surface area contributed by atoms with Crippen LogP contribution in [0.25, 0.3) is 16.7 Å². The first kappa shape index (κ1) is 27.1. The van der Waals surface area contributed by atoms with Gasteiger partial charge in [0.25, 0.3) is 5.91 Å². The van der Waals surface area contributed by atoms with Crippen molar-refractivity contribution < 1.29 is 27.8 Å². The van der Waals surface area contributed by atoms with Gasteiger partial charge in [0, 0.05) is 17.2 Å². The number of aliphatic hydroxyl groups is 1. The number of halogens is 3. The van der Waals surface area contributed by atoms with Gasteiger partial charge < -0.3 is 15.2 Å². The van der Waals surface area contributed by atoms with Crippen molar-refractivity contribution in [1.82, 2.24) is 14.5 Å². The number of thioether (sulfide) groups is 1. The highest BCUT2D eigenvalue weighted by atomic mass is 32.2. The summed E-state index contributed by atoms with van der Waals surface area (Å²) in [4.78, 5) is 26.9. The van der Waals surface area contributed by atoms with E-state index in [9.17, 15) is 27.9 Å². The summed E-state index contributed by atoms with van der Waals surface area (Å²) in [5.41, 5.74) is -1.87. The van der Waals surface area contributed by atoms with Crippen LogP contribution in [-0.2, 0) is 0 Å². The maximum atomic E-state index is 14.9. The third-order valence-electron chi connectivity index (χ3n) is 6.94. The summed E-state index contributed by atoms with van der Waals surface area (Å²) in [6.45, 7) is 3.57. The number of rotatable bonds is 7. The fourth-order valence-electron chi connectivity index (χ4n) is 4.42. The second kappa shape index (κ2) is 10.1. The number of benzene rings is 2. The van der Waals surface area contributed by atoms with Crippen molar-refractivity contribution in [3.05, 3.63) is 58.3 Å². The molecule has 7 nitrogen and oxygen atoms in total. The molecule has 4 rings (SSSR count). The van der Waals surface area contributed by atoms with Crippen LogP contribution >= 0.6 is 11.8 Å². The highest BCUT2D eigenvalue weighted by molar-refractivity contribution is 7.99. The van der Waals surface area contributed by atoms with Crippen LogP contribution in [0.3, 0.4) is 0 Å². The second-order valence-corrected chi connectivity index (χ2v) is 11.4. The second-order valence-electron chi connectivity index (χ2n) is 10.1. The van der Waals surface area contributed by atoms with Crippen LogP contribution in [0, 0.1) is 5.82 Å². The van der Waals surface area contributed by atoms with Gasteiger partial charge in [0.05, 0.1) is 28.4 Å². The third-order valence-corrected chi connectivity index (χ3v) is 7.93. The van der Waals surface area contributed by atoms with Gasteiger partial charge in [0.2, 0.25) is 0 Å². The van der Waals surface area contributed by atoms with Crippen LogP contribution < -0.4 is 15.7 Å². The normalized spacial score (nSPS) is 16.7. The van der Waals surface area contributed by atoms with Crippen molar-refractivity contribution in [2.24, 2.45) is 0 Å². The molecule has 1 fully saturated rings. The smallest absolute Gasteiger partial charge is 0.387 e. The van der Waals surface area contributed by atoms with Gasteiger partial charge in [-0.25, -0.2) is 9.18 Å². The minimum atomic E-state index is -3.13. The van der Waals surface area contributed by atoms with Crippen molar-refractivity contribution in [1.29, 1.82) is 0 Å².